The zero-order valence-electron chi connectivity index (χ0n) is 27.6. The zero-order chi connectivity index (χ0) is 37.4. The first-order valence-electron chi connectivity index (χ1n) is 15.5. The molecule has 0 aliphatic rings. The van der Waals surface area contributed by atoms with Gasteiger partial charge in [-0.2, -0.15) is 31.4 Å². The molecule has 0 aliphatic heterocycles. The lowest BCUT2D eigenvalue weighted by Crippen LogP contribution is -2.38. The second kappa shape index (κ2) is 16.4. The van der Waals surface area contributed by atoms with Gasteiger partial charge in [-0.05, 0) is 46.9 Å². The number of pyridine rings is 1. The molecule has 0 saturated carbocycles. The van der Waals surface area contributed by atoms with Crippen LogP contribution in [0.2, 0.25) is 5.02 Å². The highest BCUT2D eigenvalue weighted by Gasteiger charge is 2.36. The molecule has 0 aliphatic carbocycles. The average molecular weight is 734 g/mol. The smallest absolute Gasteiger partial charge is 0.417 e. The number of amides is 1. The molecule has 3 aromatic carbocycles. The summed E-state index contributed by atoms with van der Waals surface area (Å²) in [6.45, 7) is 5.74. The maximum absolute atomic E-state index is 12.9. The normalized spacial score (nSPS) is 13.1. The summed E-state index contributed by atoms with van der Waals surface area (Å²) in [7, 11) is 0. The maximum Gasteiger partial charge on any atom is 0.417 e. The number of rotatable bonds is 9. The summed E-state index contributed by atoms with van der Waals surface area (Å²) < 4.78 is 83.8. The number of aromatic nitrogens is 4. The molecule has 5 rings (SSSR count). The van der Waals surface area contributed by atoms with Crippen LogP contribution in [-0.2, 0) is 18.8 Å². The monoisotopic (exact) mass is 733 g/mol. The van der Waals surface area contributed by atoms with Crippen LogP contribution in [0.15, 0.2) is 104 Å². The van der Waals surface area contributed by atoms with E-state index in [1.165, 1.54) is 12.4 Å². The van der Waals surface area contributed by atoms with Crippen molar-refractivity contribution < 1.29 is 41.0 Å². The molecule has 2 heterocycles. The van der Waals surface area contributed by atoms with E-state index in [0.29, 0.717) is 18.0 Å². The third kappa shape index (κ3) is 10.8. The Hall–Kier alpha value is -4.95. The van der Waals surface area contributed by atoms with E-state index in [1.807, 2.05) is 63.2 Å². The first kappa shape index (κ1) is 38.8. The maximum atomic E-state index is 12.9. The fourth-order valence-electron chi connectivity index (χ4n) is 4.66. The van der Waals surface area contributed by atoms with E-state index in [2.05, 4.69) is 32.5 Å². The summed E-state index contributed by atoms with van der Waals surface area (Å²) in [5.74, 6) is -0.288. The molecule has 51 heavy (non-hydrogen) atoms. The number of hydrogen-bond donors (Lipinski definition) is 2. The van der Waals surface area contributed by atoms with E-state index in [9.17, 15) is 36.2 Å². The van der Waals surface area contributed by atoms with Gasteiger partial charge in [0.1, 0.15) is 24.5 Å². The van der Waals surface area contributed by atoms with Crippen LogP contribution in [0.3, 0.4) is 0 Å². The first-order valence-corrected chi connectivity index (χ1v) is 15.8. The molecule has 270 valence electrons. The van der Waals surface area contributed by atoms with Crippen LogP contribution in [0, 0.1) is 5.41 Å². The van der Waals surface area contributed by atoms with Gasteiger partial charge in [0.2, 0.25) is 6.23 Å². The summed E-state index contributed by atoms with van der Waals surface area (Å²) in [4.78, 5) is 19.5. The van der Waals surface area contributed by atoms with Crippen LogP contribution < -0.4 is 10.1 Å². The van der Waals surface area contributed by atoms with Crippen molar-refractivity contribution in [3.8, 4) is 16.9 Å². The number of hydrogen-bond acceptors (Lipinski definition) is 6. The highest BCUT2D eigenvalue weighted by Crippen LogP contribution is 2.33. The van der Waals surface area contributed by atoms with Crippen molar-refractivity contribution in [1.29, 1.82) is 0 Å². The Morgan fingerprint density at radius 3 is 2.10 bits per heavy atom. The number of ether oxygens (including phenoxy) is 1. The molecule has 0 saturated heterocycles. The van der Waals surface area contributed by atoms with Crippen LogP contribution in [-0.4, -0.2) is 43.4 Å². The van der Waals surface area contributed by atoms with Gasteiger partial charge in [-0.1, -0.05) is 87.0 Å². The summed E-state index contributed by atoms with van der Waals surface area (Å²) in [6, 6.07) is 22.9. The van der Waals surface area contributed by atoms with Crippen molar-refractivity contribution in [2.24, 2.45) is 5.41 Å². The Bertz CT molecular complexity index is 1860. The van der Waals surface area contributed by atoms with E-state index >= 15 is 0 Å². The molecule has 0 bridgehead atoms. The minimum Gasteiger partial charge on any atom is -0.466 e. The number of halogens is 7. The van der Waals surface area contributed by atoms with E-state index in [0.717, 1.165) is 29.3 Å². The molecule has 2 N–H and O–H groups in total. The Balaban J connectivity index is 0.000000229. The lowest BCUT2D eigenvalue weighted by Gasteiger charge is -2.32. The van der Waals surface area contributed by atoms with Crippen molar-refractivity contribution in [2.75, 3.05) is 6.54 Å². The van der Waals surface area contributed by atoms with Crippen LogP contribution >= 0.6 is 11.6 Å². The summed E-state index contributed by atoms with van der Waals surface area (Å²) >= 11 is 5.73. The fraction of sp³-hybridized carbons (Fsp3) is 0.278. The van der Waals surface area contributed by atoms with Crippen molar-refractivity contribution in [3.63, 3.8) is 0 Å². The Morgan fingerprint density at radius 1 is 0.902 bits per heavy atom. The van der Waals surface area contributed by atoms with Crippen molar-refractivity contribution >= 4 is 17.5 Å². The van der Waals surface area contributed by atoms with Crippen molar-refractivity contribution in [3.05, 3.63) is 131 Å². The predicted molar refractivity (Wildman–Crippen MR) is 179 cm³/mol. The molecule has 2 unspecified atom stereocenters. The number of aliphatic hydroxyl groups excluding tert-OH is 1. The largest absolute Gasteiger partial charge is 0.466 e. The third-order valence-electron chi connectivity index (χ3n) is 7.44. The number of nitrogens with one attached hydrogen (secondary N) is 1. The SMILES string of the molecule is CC(C)(C)C(O)C(Oc1ccc(-c2ccccc2)cc1)n1cncn1.O=C(NCCc1ncc(C(F)(F)F)cc1Cl)c1ccccc1C(F)(F)F. The van der Waals surface area contributed by atoms with Crippen LogP contribution in [0.4, 0.5) is 26.3 Å². The van der Waals surface area contributed by atoms with Gasteiger partial charge < -0.3 is 15.2 Å². The Kier molecular flexibility index (Phi) is 12.5. The van der Waals surface area contributed by atoms with Gasteiger partial charge in [0.25, 0.3) is 5.91 Å². The van der Waals surface area contributed by atoms with Gasteiger partial charge in [0.05, 0.1) is 27.4 Å². The second-order valence-corrected chi connectivity index (χ2v) is 12.7. The number of alkyl halides is 6. The Morgan fingerprint density at radius 2 is 1.53 bits per heavy atom. The van der Waals surface area contributed by atoms with Crippen molar-refractivity contribution in [2.45, 2.75) is 51.9 Å². The van der Waals surface area contributed by atoms with Gasteiger partial charge in [0, 0.05) is 19.2 Å². The van der Waals surface area contributed by atoms with Crippen LogP contribution in [0.1, 0.15) is 54.2 Å². The molecule has 0 fully saturated rings. The lowest BCUT2D eigenvalue weighted by molar-refractivity contribution is -0.138. The van der Waals surface area contributed by atoms with Gasteiger partial charge in [-0.25, -0.2) is 9.67 Å². The third-order valence-corrected chi connectivity index (χ3v) is 7.77. The number of nitrogens with zero attached hydrogens (tertiary/aromatic N) is 4. The van der Waals surface area contributed by atoms with Gasteiger partial charge >= 0.3 is 12.4 Å². The molecule has 5 aromatic rings. The van der Waals surface area contributed by atoms with Gasteiger partial charge in [0.15, 0.2) is 0 Å². The lowest BCUT2D eigenvalue weighted by atomic mass is 9.88. The van der Waals surface area contributed by atoms with E-state index < -0.39 is 47.3 Å². The zero-order valence-corrected chi connectivity index (χ0v) is 28.3. The molecular weight excluding hydrogens is 700 g/mol. The van der Waals surface area contributed by atoms with Gasteiger partial charge in [-0.15, -0.1) is 0 Å². The summed E-state index contributed by atoms with van der Waals surface area (Å²) in [5.41, 5.74) is -0.660. The van der Waals surface area contributed by atoms with Crippen LogP contribution in [0.5, 0.6) is 5.75 Å². The minimum absolute atomic E-state index is 0.0447. The molecule has 15 heteroatoms. The quantitative estimate of drug-likeness (QED) is 0.147. The number of carbonyl (C=O) groups is 1. The van der Waals surface area contributed by atoms with Crippen molar-refractivity contribution in [1.82, 2.24) is 25.1 Å². The fourth-order valence-corrected chi connectivity index (χ4v) is 4.92. The van der Waals surface area contributed by atoms with E-state index in [-0.39, 0.29) is 29.1 Å². The topological polar surface area (TPSA) is 102 Å². The molecule has 8 nitrogen and oxygen atoms in total. The standard InChI is InChI=1S/C20H23N3O2.C16H11ClF6N2O/c1-20(2,3)18(24)19(23-14-21-13-22-23)25-17-11-9-16(10-12-17)15-7-5-4-6-8-15;17-12-7-9(15(18,19)20)8-25-13(12)5-6-24-14(26)10-3-1-2-4-11(10)16(21,22)23/h4-14,18-19,24H,1-3H3;1-4,7-8H,5-6H2,(H,24,26). The average Bonchev–Trinajstić information content (AvgIpc) is 3.62. The molecule has 2 aromatic heterocycles. The predicted octanol–water partition coefficient (Wildman–Crippen LogP) is 8.67. The van der Waals surface area contributed by atoms with Crippen LogP contribution in [0.25, 0.3) is 11.1 Å². The minimum atomic E-state index is -4.69. The number of aliphatic hydroxyl groups is 1. The molecular formula is C36H34ClF6N5O3. The number of benzene rings is 3. The summed E-state index contributed by atoms with van der Waals surface area (Å²) in [6.07, 6.45) is -7.13. The summed E-state index contributed by atoms with van der Waals surface area (Å²) in [5, 5.41) is 16.9. The highest BCUT2D eigenvalue weighted by atomic mass is 35.5. The second-order valence-electron chi connectivity index (χ2n) is 12.3. The van der Waals surface area contributed by atoms with E-state index in [1.54, 1.807) is 11.0 Å². The Labute approximate surface area is 295 Å². The van der Waals surface area contributed by atoms with E-state index in [4.69, 9.17) is 16.3 Å². The molecule has 1 amide bonds. The first-order chi connectivity index (χ1) is 23.9. The molecule has 0 spiro atoms. The molecule has 2 atom stereocenters. The highest BCUT2D eigenvalue weighted by molar-refractivity contribution is 6.31. The van der Waals surface area contributed by atoms with Gasteiger partial charge in [-0.3, -0.25) is 9.78 Å². The molecule has 0 radical (unpaired) electrons. The number of carbonyl (C=O) groups excluding carboxylic acids is 1.